The van der Waals surface area contributed by atoms with Crippen molar-refractivity contribution in [1.29, 1.82) is 0 Å². The quantitative estimate of drug-likeness (QED) is 0.165. The second kappa shape index (κ2) is 23.1. The topological polar surface area (TPSA) is 51.6 Å². The number of hydrogen-bond acceptors (Lipinski definition) is 4. The molecule has 0 atom stereocenters. The fraction of sp³-hybridized carbons (Fsp3) is 0. The van der Waals surface area contributed by atoms with Crippen LogP contribution in [-0.4, -0.2) is 19.9 Å². The Morgan fingerprint density at radius 3 is 1.29 bits per heavy atom. The molecule has 0 spiro atoms. The normalized spacial score (nSPS) is 11.2. The zero-order chi connectivity index (χ0) is 47.5. The minimum atomic E-state index is 0. The van der Waals surface area contributed by atoms with E-state index < -0.39 is 0 Å². The van der Waals surface area contributed by atoms with E-state index in [0.29, 0.717) is 24.2 Å². The first-order valence-electron chi connectivity index (χ1n) is 22.9. The molecule has 0 N–H and O–H groups in total. The van der Waals surface area contributed by atoms with Gasteiger partial charge in [0.25, 0.3) is 0 Å². The molecule has 2 radical (unpaired) electrons. The van der Waals surface area contributed by atoms with Gasteiger partial charge in [-0.25, -0.2) is 0 Å². The van der Waals surface area contributed by atoms with Gasteiger partial charge in [-0.15, -0.1) is 144 Å². The monoisotopic (exact) mass is 1120 g/mol. The van der Waals surface area contributed by atoms with Crippen molar-refractivity contribution in [3.8, 4) is 45.0 Å². The summed E-state index contributed by atoms with van der Waals surface area (Å²) in [6, 6.07) is 67.1. The van der Waals surface area contributed by atoms with Crippen LogP contribution in [0.15, 0.2) is 219 Å². The number of hydrogen-bond donors (Lipinski definition) is 0. The van der Waals surface area contributed by atoms with Gasteiger partial charge in [-0.3, -0.25) is 0 Å². The first-order valence-corrected chi connectivity index (χ1v) is 17.9. The standard InChI is InChI=1S/2C15H10N.2C11H8N.2Ir.3H2/c2*1-2-7-13(8-3-1)15-14-9-5-4-6-12(14)10-11-16-15;2*1-2-6-10(7-3-1)11-8-4-5-9-12-11;;;;;/h2*1-7,9-11H;2*1-6,8-9H;;;3*1H/q4*-1;;;;;/i2*2D;5D;2D;;;3*1+1D. The first kappa shape index (κ1) is 33.8. The summed E-state index contributed by atoms with van der Waals surface area (Å²) >= 11 is 0. The fourth-order valence-electron chi connectivity index (χ4n) is 5.70. The summed E-state index contributed by atoms with van der Waals surface area (Å²) in [5.41, 5.74) is 7.06. The Morgan fingerprint density at radius 1 is 0.362 bits per heavy atom. The number of benzene rings is 6. The number of rotatable bonds is 4. The van der Waals surface area contributed by atoms with E-state index in [2.05, 4.69) is 56.3 Å². The van der Waals surface area contributed by atoms with Crippen LogP contribution in [0.2, 0.25) is 0 Å². The van der Waals surface area contributed by atoms with Gasteiger partial charge in [-0.1, -0.05) is 72.8 Å². The molecule has 10 rings (SSSR count). The van der Waals surface area contributed by atoms with Crippen LogP contribution < -0.4 is 0 Å². The molecule has 4 nitrogen and oxygen atoms in total. The van der Waals surface area contributed by atoms with Gasteiger partial charge in [-0.05, 0) is 68.6 Å². The van der Waals surface area contributed by atoms with Gasteiger partial charge in [-0.2, -0.15) is 0 Å². The Morgan fingerprint density at radius 2 is 0.810 bits per heavy atom. The molecule has 6 aromatic carbocycles. The van der Waals surface area contributed by atoms with Crippen molar-refractivity contribution in [2.75, 3.05) is 0 Å². The molecule has 4 aromatic heterocycles. The van der Waals surface area contributed by atoms with E-state index in [-0.39, 0.29) is 40.2 Å². The third kappa shape index (κ3) is 11.9. The zero-order valence-electron chi connectivity index (χ0n) is 40.9. The Balaban J connectivity index is 0.000000299. The van der Waals surface area contributed by atoms with E-state index in [1.54, 1.807) is 79.3 Å². The van der Waals surface area contributed by atoms with Crippen molar-refractivity contribution >= 4 is 21.5 Å². The molecular formula is C52H42Ir2N4-4. The second-order valence-corrected chi connectivity index (χ2v) is 12.0. The van der Waals surface area contributed by atoms with Crippen LogP contribution in [0.3, 0.4) is 0 Å². The van der Waals surface area contributed by atoms with Crippen molar-refractivity contribution in [1.82, 2.24) is 19.9 Å². The number of aromatic nitrogens is 4. The van der Waals surface area contributed by atoms with E-state index >= 15 is 0 Å². The van der Waals surface area contributed by atoms with Crippen LogP contribution in [0.1, 0.15) is 14.4 Å². The molecule has 0 unspecified atom stereocenters. The molecule has 58 heavy (non-hydrogen) atoms. The van der Waals surface area contributed by atoms with E-state index in [4.69, 9.17) is 14.4 Å². The second-order valence-electron chi connectivity index (χ2n) is 12.0. The minimum absolute atomic E-state index is 0. The van der Waals surface area contributed by atoms with Crippen molar-refractivity contribution < 1.29 is 54.6 Å². The summed E-state index contributed by atoms with van der Waals surface area (Å²) in [5.74, 6) is 0. The van der Waals surface area contributed by atoms with Gasteiger partial charge in [0.2, 0.25) is 0 Å². The number of pyridine rings is 4. The minimum Gasteiger partial charge on any atom is -0.305 e. The maximum Gasteiger partial charge on any atom is 0.0638 e. The Kier molecular flexibility index (Phi) is 13.5. The largest absolute Gasteiger partial charge is 0.305 e. The van der Waals surface area contributed by atoms with Crippen molar-refractivity contribution in [3.05, 3.63) is 243 Å². The maximum absolute atomic E-state index is 7.65. The van der Waals surface area contributed by atoms with Crippen LogP contribution in [-0.2, 0) is 40.2 Å². The molecule has 4 heterocycles. The Hall–Kier alpha value is -6.26. The molecule has 0 fully saturated rings. The third-order valence-electron chi connectivity index (χ3n) is 8.34. The molecule has 0 saturated carbocycles. The fourth-order valence-corrected chi connectivity index (χ4v) is 5.70. The summed E-state index contributed by atoms with van der Waals surface area (Å²) in [6.07, 6.45) is 6.86. The Labute approximate surface area is 382 Å². The van der Waals surface area contributed by atoms with Crippen LogP contribution in [0.4, 0.5) is 0 Å². The molecule has 10 aromatic rings. The average molecular weight is 1120 g/mol. The van der Waals surface area contributed by atoms with E-state index in [1.807, 2.05) is 97.1 Å². The van der Waals surface area contributed by atoms with E-state index in [0.717, 1.165) is 66.6 Å². The van der Waals surface area contributed by atoms with Crippen molar-refractivity contribution in [3.63, 3.8) is 0 Å². The summed E-state index contributed by atoms with van der Waals surface area (Å²) in [6.45, 7) is 0. The number of fused-ring (bicyclic) bond motifs is 2. The van der Waals surface area contributed by atoms with Gasteiger partial charge < -0.3 is 19.9 Å². The van der Waals surface area contributed by atoms with Crippen LogP contribution in [0.25, 0.3) is 66.6 Å². The Bertz CT molecular complexity index is 2830. The van der Waals surface area contributed by atoms with Gasteiger partial charge in [0.1, 0.15) is 0 Å². The molecule has 0 saturated heterocycles. The predicted octanol–water partition coefficient (Wildman–Crippen LogP) is 13.2. The molecule has 0 amide bonds. The first-order chi connectivity index (χ1) is 32.4. The van der Waals surface area contributed by atoms with Crippen LogP contribution >= 0.6 is 0 Å². The molecule has 6 heteroatoms. The summed E-state index contributed by atoms with van der Waals surface area (Å²) in [4.78, 5) is 17.1. The summed E-state index contributed by atoms with van der Waals surface area (Å²) in [7, 11) is 0. The molecule has 0 aliphatic carbocycles. The smallest absolute Gasteiger partial charge is 0.0638 e. The molecule has 0 aliphatic rings. The molecule has 292 valence electrons. The molecular weight excluding hydrogens is 1070 g/mol. The third-order valence-corrected chi connectivity index (χ3v) is 8.34. The van der Waals surface area contributed by atoms with Gasteiger partial charge in [0, 0.05) is 78.0 Å². The van der Waals surface area contributed by atoms with Gasteiger partial charge >= 0.3 is 0 Å². The van der Waals surface area contributed by atoms with Crippen molar-refractivity contribution in [2.24, 2.45) is 0 Å². The average Bonchev–Trinajstić information content (AvgIpc) is 3.39. The van der Waals surface area contributed by atoms with Crippen LogP contribution in [0, 0.1) is 24.3 Å². The number of nitrogens with zero attached hydrogens (tertiary/aromatic N) is 4. The summed E-state index contributed by atoms with van der Waals surface area (Å²) < 4.78 is 60.0. The van der Waals surface area contributed by atoms with E-state index in [9.17, 15) is 0 Å². The van der Waals surface area contributed by atoms with Crippen molar-refractivity contribution in [2.45, 2.75) is 0 Å². The SMILES string of the molecule is [2H][2H].[2H][2H].[2H][2H].[2H]c1cc[c-]c(-c2ccccn2)c1.[2H]c1cc[c-]c(-c2nccc3ccccc23)c1.[2H]c1cc[c-]c(-c2nccc3ccccc23)c1.[2H]c1ccc(-c2[c-]cccc2)nc1.[Ir].[Ir]. The predicted molar refractivity (Wildman–Crippen MR) is 235 cm³/mol. The van der Waals surface area contributed by atoms with Gasteiger partial charge in [0.15, 0.2) is 0 Å². The van der Waals surface area contributed by atoms with Crippen LogP contribution in [0.5, 0.6) is 0 Å². The van der Waals surface area contributed by atoms with E-state index in [1.165, 1.54) is 6.20 Å². The molecule has 0 bridgehead atoms. The van der Waals surface area contributed by atoms with Gasteiger partial charge in [0.05, 0.1) is 1.37 Å². The summed E-state index contributed by atoms with van der Waals surface area (Å²) in [5, 5.41) is 4.50. The maximum atomic E-state index is 7.65. The molecule has 0 aliphatic heterocycles. The zero-order valence-corrected chi connectivity index (χ0v) is 35.7.